The molecule has 1 amide bonds. The molecule has 2 heterocycles. The number of carbonyl (C=O) groups is 1. The highest BCUT2D eigenvalue weighted by molar-refractivity contribution is 7.19. The summed E-state index contributed by atoms with van der Waals surface area (Å²) < 4.78 is 38.2. The highest BCUT2D eigenvalue weighted by atomic mass is 32.1. The fourth-order valence-electron chi connectivity index (χ4n) is 3.59. The normalized spacial score (nSPS) is 13.6. The number of anilines is 2. The van der Waals surface area contributed by atoms with E-state index >= 15 is 0 Å². The summed E-state index contributed by atoms with van der Waals surface area (Å²) in [5.41, 5.74) is 9.23. The molecule has 0 saturated carbocycles. The van der Waals surface area contributed by atoms with E-state index in [2.05, 4.69) is 27.5 Å². The maximum Gasteiger partial charge on any atom is 0.416 e. The van der Waals surface area contributed by atoms with E-state index in [4.69, 9.17) is 10.8 Å². The number of benzene rings is 2. The first-order valence-corrected chi connectivity index (χ1v) is 11.2. The van der Waals surface area contributed by atoms with Crippen LogP contribution in [0.2, 0.25) is 0 Å². The maximum atomic E-state index is 12.7. The second kappa shape index (κ2) is 9.85. The minimum Gasteiger partial charge on any atom is -0.384 e. The zero-order valence-electron chi connectivity index (χ0n) is 17.9. The van der Waals surface area contributed by atoms with Crippen LogP contribution in [-0.4, -0.2) is 35.2 Å². The maximum absolute atomic E-state index is 12.7. The van der Waals surface area contributed by atoms with Crippen LogP contribution in [0.3, 0.4) is 0 Å². The van der Waals surface area contributed by atoms with Crippen LogP contribution in [0.5, 0.6) is 0 Å². The quantitative estimate of drug-likeness (QED) is 0.399. The minimum absolute atomic E-state index is 0.0545. The van der Waals surface area contributed by atoms with Gasteiger partial charge in [0.1, 0.15) is 12.3 Å². The van der Waals surface area contributed by atoms with E-state index in [9.17, 15) is 18.0 Å². The number of hydrogen-bond donors (Lipinski definition) is 4. The summed E-state index contributed by atoms with van der Waals surface area (Å²) in [6.07, 6.45) is -3.66. The number of halogens is 3. The van der Waals surface area contributed by atoms with E-state index in [1.54, 1.807) is 0 Å². The molecule has 0 spiro atoms. The molecule has 0 radical (unpaired) electrons. The van der Waals surface area contributed by atoms with E-state index in [1.165, 1.54) is 23.5 Å². The average Bonchev–Trinajstić information content (AvgIpc) is 3.37. The van der Waals surface area contributed by atoms with Crippen molar-refractivity contribution in [1.82, 2.24) is 4.98 Å². The number of hydrogen-bond acceptors (Lipinski definition) is 6. The summed E-state index contributed by atoms with van der Waals surface area (Å²) in [6.45, 7) is 0.0454. The Morgan fingerprint density at radius 3 is 2.71 bits per heavy atom. The molecule has 0 bridgehead atoms. The number of nitrogens with one attached hydrogen (secondary N) is 2. The van der Waals surface area contributed by atoms with Crippen LogP contribution >= 0.6 is 11.3 Å². The van der Waals surface area contributed by atoms with E-state index < -0.39 is 11.7 Å². The van der Waals surface area contributed by atoms with Gasteiger partial charge in [-0.2, -0.15) is 13.2 Å². The first-order valence-electron chi connectivity index (χ1n) is 10.4. The molecule has 4 rings (SSSR count). The van der Waals surface area contributed by atoms with Crippen LogP contribution in [-0.2, 0) is 23.8 Å². The Bertz CT molecular complexity index is 1260. The molecule has 1 atom stereocenters. The zero-order valence-corrected chi connectivity index (χ0v) is 18.7. The monoisotopic (exact) mass is 486 g/mol. The van der Waals surface area contributed by atoms with Crippen molar-refractivity contribution in [2.24, 2.45) is 5.73 Å². The lowest BCUT2D eigenvalue weighted by Crippen LogP contribution is -2.31. The van der Waals surface area contributed by atoms with Crippen molar-refractivity contribution >= 4 is 28.1 Å². The van der Waals surface area contributed by atoms with Crippen LogP contribution in [0.25, 0.3) is 10.4 Å². The molecular formula is C24H21F3N4O2S. The van der Waals surface area contributed by atoms with Crippen molar-refractivity contribution in [2.75, 3.05) is 23.8 Å². The molecule has 1 aromatic heterocycles. The Kier molecular flexibility index (Phi) is 6.88. The lowest BCUT2D eigenvalue weighted by Gasteiger charge is -2.13. The van der Waals surface area contributed by atoms with Gasteiger partial charge in [-0.15, -0.1) is 0 Å². The van der Waals surface area contributed by atoms with Gasteiger partial charge in [0, 0.05) is 18.3 Å². The number of nitrogens with zero attached hydrogens (tertiary/aromatic N) is 1. The largest absolute Gasteiger partial charge is 0.416 e. The third-order valence-electron chi connectivity index (χ3n) is 5.20. The third-order valence-corrected chi connectivity index (χ3v) is 6.26. The number of nitrogens with two attached hydrogens (primary N) is 1. The van der Waals surface area contributed by atoms with Gasteiger partial charge in [-0.05, 0) is 53.3 Å². The molecule has 2 aromatic carbocycles. The molecule has 5 N–H and O–H groups in total. The van der Waals surface area contributed by atoms with Gasteiger partial charge in [0.25, 0.3) is 0 Å². The van der Waals surface area contributed by atoms with Gasteiger partial charge in [0.2, 0.25) is 5.91 Å². The molecule has 1 aliphatic heterocycles. The van der Waals surface area contributed by atoms with Crippen molar-refractivity contribution in [3.63, 3.8) is 0 Å². The van der Waals surface area contributed by atoms with Crippen LogP contribution in [0.15, 0.2) is 42.5 Å². The molecule has 0 saturated heterocycles. The van der Waals surface area contributed by atoms with E-state index in [1.807, 2.05) is 18.2 Å². The number of fused-ring (bicyclic) bond motifs is 1. The average molecular weight is 487 g/mol. The van der Waals surface area contributed by atoms with Gasteiger partial charge in [-0.25, -0.2) is 4.98 Å². The number of aliphatic hydroxyl groups excluding tert-OH is 1. The minimum atomic E-state index is -4.37. The van der Waals surface area contributed by atoms with Crippen LogP contribution in [0.1, 0.15) is 22.4 Å². The fraction of sp³-hybridized carbons (Fsp3) is 0.250. The molecule has 10 heteroatoms. The second-order valence-electron chi connectivity index (χ2n) is 7.79. The highest BCUT2D eigenvalue weighted by Crippen LogP contribution is 2.36. The smallest absolute Gasteiger partial charge is 0.384 e. The second-order valence-corrected chi connectivity index (χ2v) is 8.79. The summed E-state index contributed by atoms with van der Waals surface area (Å²) in [5.74, 6) is 5.41. The third kappa shape index (κ3) is 5.56. The molecule has 6 nitrogen and oxygen atoms in total. The lowest BCUT2D eigenvalue weighted by atomic mass is 10.0. The molecule has 34 heavy (non-hydrogen) atoms. The van der Waals surface area contributed by atoms with Gasteiger partial charge < -0.3 is 21.5 Å². The summed E-state index contributed by atoms with van der Waals surface area (Å²) in [6, 6.07) is 10.2. The number of carbonyl (C=O) groups excluding carboxylic acids is 1. The van der Waals surface area contributed by atoms with Gasteiger partial charge in [0.05, 0.1) is 16.9 Å². The molecule has 1 aliphatic rings. The van der Waals surface area contributed by atoms with E-state index in [-0.39, 0.29) is 18.6 Å². The Balaban J connectivity index is 1.46. The zero-order chi connectivity index (χ0) is 24.3. The number of aromatic nitrogens is 1. The fourth-order valence-corrected chi connectivity index (χ4v) is 4.52. The van der Waals surface area contributed by atoms with Gasteiger partial charge in [-0.1, -0.05) is 35.5 Å². The predicted octanol–water partition coefficient (Wildman–Crippen LogP) is 3.65. The Morgan fingerprint density at radius 1 is 1.24 bits per heavy atom. The van der Waals surface area contributed by atoms with Crippen molar-refractivity contribution in [3.8, 4) is 22.3 Å². The van der Waals surface area contributed by atoms with Crippen molar-refractivity contribution in [2.45, 2.75) is 25.1 Å². The summed E-state index contributed by atoms with van der Waals surface area (Å²) in [4.78, 5) is 17.0. The number of amides is 1. The number of thiazole rings is 1. The summed E-state index contributed by atoms with van der Waals surface area (Å²) in [7, 11) is 0. The highest BCUT2D eigenvalue weighted by Gasteiger charge is 2.30. The van der Waals surface area contributed by atoms with Crippen LogP contribution < -0.4 is 16.4 Å². The summed E-state index contributed by atoms with van der Waals surface area (Å²) >= 11 is 1.37. The Labute approximate surface area is 198 Å². The van der Waals surface area contributed by atoms with Crippen LogP contribution in [0, 0.1) is 11.8 Å². The van der Waals surface area contributed by atoms with Crippen LogP contribution in [0.4, 0.5) is 24.0 Å². The topological polar surface area (TPSA) is 100 Å². The molecule has 0 unspecified atom stereocenters. The van der Waals surface area contributed by atoms with Crippen molar-refractivity contribution in [1.29, 1.82) is 0 Å². The molecule has 0 aliphatic carbocycles. The van der Waals surface area contributed by atoms with E-state index in [0.717, 1.165) is 33.8 Å². The van der Waals surface area contributed by atoms with E-state index in [0.29, 0.717) is 35.8 Å². The molecule has 176 valence electrons. The van der Waals surface area contributed by atoms with Gasteiger partial charge >= 0.3 is 6.18 Å². The predicted molar refractivity (Wildman–Crippen MR) is 125 cm³/mol. The van der Waals surface area contributed by atoms with Gasteiger partial charge in [0.15, 0.2) is 5.13 Å². The number of alkyl halides is 3. The Morgan fingerprint density at radius 2 is 2.00 bits per heavy atom. The van der Waals surface area contributed by atoms with Gasteiger partial charge in [-0.3, -0.25) is 4.79 Å². The Hall–Kier alpha value is -3.39. The summed E-state index contributed by atoms with van der Waals surface area (Å²) in [5, 5.41) is 15.6. The SMILES string of the molecule is N[C@H](CNc1nc(C#CCO)c(-c2ccc3c(c2)CC(=O)N3)s1)Cc1ccc(C(F)(F)F)cc1. The molecule has 3 aromatic rings. The molecule has 0 fully saturated rings. The number of rotatable bonds is 6. The van der Waals surface area contributed by atoms with Crippen molar-refractivity contribution < 1.29 is 23.1 Å². The van der Waals surface area contributed by atoms with Crippen molar-refractivity contribution in [3.05, 3.63) is 64.8 Å². The number of aliphatic hydroxyl groups is 1. The first-order chi connectivity index (χ1) is 16.2. The molecular weight excluding hydrogens is 465 g/mol. The standard InChI is InChI=1S/C24H21F3N4O2S/c25-24(26,27)17-6-3-14(4-7-17)10-18(28)13-29-23-31-20(2-1-9-32)22(34-23)15-5-8-19-16(11-15)12-21(33)30-19/h3-8,11,18,32H,9-10,12-13,28H2,(H,29,31)(H,30,33)/t18-/m0/s1. The lowest BCUT2D eigenvalue weighted by molar-refractivity contribution is -0.137. The first kappa shape index (κ1) is 23.8.